The van der Waals surface area contributed by atoms with Crippen LogP contribution < -0.4 is 5.32 Å². The number of carbonyl (C=O) groups is 1. The third kappa shape index (κ3) is 3.86. The number of aromatic nitrogens is 3. The van der Waals surface area contributed by atoms with Gasteiger partial charge in [-0.25, -0.2) is 4.68 Å². The Bertz CT molecular complexity index is 645. The van der Waals surface area contributed by atoms with Crippen LogP contribution in [0, 0.1) is 0 Å². The van der Waals surface area contributed by atoms with Crippen molar-refractivity contribution < 1.29 is 4.79 Å². The topological polar surface area (TPSA) is 63.1 Å². The third-order valence-corrected chi connectivity index (χ3v) is 4.84. The molecule has 0 radical (unpaired) electrons. The van der Waals surface area contributed by atoms with Gasteiger partial charge in [0, 0.05) is 11.4 Å². The average molecular weight is 331 g/mol. The molecule has 23 heavy (non-hydrogen) atoms. The minimum atomic E-state index is -0.0986. The maximum atomic E-state index is 12.7. The fourth-order valence-corrected chi connectivity index (χ4v) is 3.47. The van der Waals surface area contributed by atoms with E-state index in [1.54, 1.807) is 28.5 Å². The van der Waals surface area contributed by atoms with Gasteiger partial charge in [0.2, 0.25) is 0 Å². The first kappa shape index (κ1) is 15.9. The number of amides is 1. The summed E-state index contributed by atoms with van der Waals surface area (Å²) in [7, 11) is 0. The summed E-state index contributed by atoms with van der Waals surface area (Å²) in [6, 6.07) is 4.35. The van der Waals surface area contributed by atoms with E-state index in [1.165, 1.54) is 0 Å². The summed E-state index contributed by atoms with van der Waals surface area (Å²) < 4.78 is 1.84. The number of nitrogens with zero attached hydrogens (tertiary/aromatic N) is 4. The second-order valence-corrected chi connectivity index (χ2v) is 6.65. The van der Waals surface area contributed by atoms with Crippen LogP contribution in [-0.2, 0) is 6.54 Å². The van der Waals surface area contributed by atoms with E-state index in [1.807, 2.05) is 22.2 Å². The summed E-state index contributed by atoms with van der Waals surface area (Å²) in [6.45, 7) is 6.78. The highest BCUT2D eigenvalue weighted by atomic mass is 32.1. The monoisotopic (exact) mass is 331 g/mol. The first-order valence-electron chi connectivity index (χ1n) is 7.83. The van der Waals surface area contributed by atoms with Crippen LogP contribution >= 0.6 is 11.3 Å². The van der Waals surface area contributed by atoms with Crippen molar-refractivity contribution in [2.24, 2.45) is 0 Å². The van der Waals surface area contributed by atoms with Crippen LogP contribution in [0.3, 0.4) is 0 Å². The molecule has 1 amide bonds. The number of nitrogens with one attached hydrogen (secondary N) is 1. The number of hydrogen-bond acceptors (Lipinski definition) is 5. The van der Waals surface area contributed by atoms with Gasteiger partial charge >= 0.3 is 0 Å². The van der Waals surface area contributed by atoms with Crippen LogP contribution in [0.2, 0.25) is 0 Å². The van der Waals surface area contributed by atoms with Crippen LogP contribution in [0.25, 0.3) is 0 Å². The largest absolute Gasteiger partial charge is 0.328 e. The van der Waals surface area contributed by atoms with Crippen LogP contribution in [-0.4, -0.2) is 45.4 Å². The van der Waals surface area contributed by atoms with E-state index >= 15 is 0 Å². The fourth-order valence-electron chi connectivity index (χ4n) is 2.75. The lowest BCUT2D eigenvalue weighted by Gasteiger charge is -2.22. The van der Waals surface area contributed by atoms with Crippen molar-refractivity contribution in [3.8, 4) is 0 Å². The predicted octanol–water partition coefficient (Wildman–Crippen LogP) is 2.09. The Hall–Kier alpha value is -1.99. The molecule has 122 valence electrons. The summed E-state index contributed by atoms with van der Waals surface area (Å²) in [6.07, 6.45) is 5.55. The SMILES string of the molecule is C=CCN(Cc1cccs1)C(=O)c1cn(C2CCNCC2)nn1. The number of thiophene rings is 1. The molecule has 2 aromatic rings. The normalized spacial score (nSPS) is 15.5. The van der Waals surface area contributed by atoms with Crippen molar-refractivity contribution >= 4 is 17.2 Å². The predicted molar refractivity (Wildman–Crippen MR) is 90.4 cm³/mol. The van der Waals surface area contributed by atoms with Crippen molar-refractivity contribution in [1.29, 1.82) is 0 Å². The van der Waals surface area contributed by atoms with Gasteiger partial charge in [0.15, 0.2) is 5.69 Å². The fraction of sp³-hybridized carbons (Fsp3) is 0.438. The Morgan fingerprint density at radius 1 is 1.52 bits per heavy atom. The summed E-state index contributed by atoms with van der Waals surface area (Å²) >= 11 is 1.64. The summed E-state index contributed by atoms with van der Waals surface area (Å²) in [5.41, 5.74) is 0.405. The lowest BCUT2D eigenvalue weighted by molar-refractivity contribution is 0.0758. The maximum Gasteiger partial charge on any atom is 0.276 e. The molecule has 1 aliphatic rings. The molecule has 0 spiro atoms. The van der Waals surface area contributed by atoms with E-state index in [-0.39, 0.29) is 5.91 Å². The molecular formula is C16H21N5OS. The molecule has 0 unspecified atom stereocenters. The minimum absolute atomic E-state index is 0.0986. The van der Waals surface area contributed by atoms with E-state index in [0.717, 1.165) is 30.8 Å². The van der Waals surface area contributed by atoms with Gasteiger partial charge in [-0.2, -0.15) is 0 Å². The van der Waals surface area contributed by atoms with Crippen LogP contribution in [0.5, 0.6) is 0 Å². The van der Waals surface area contributed by atoms with Gasteiger partial charge in [-0.15, -0.1) is 23.0 Å². The van der Waals surface area contributed by atoms with E-state index in [4.69, 9.17) is 0 Å². The van der Waals surface area contributed by atoms with Crippen molar-refractivity contribution in [3.05, 3.63) is 46.9 Å². The summed E-state index contributed by atoms with van der Waals surface area (Å²) in [5.74, 6) is -0.0986. The van der Waals surface area contributed by atoms with Crippen LogP contribution in [0.15, 0.2) is 36.4 Å². The Labute approximate surface area is 139 Å². The molecular weight excluding hydrogens is 310 g/mol. The molecule has 2 aromatic heterocycles. The molecule has 0 aromatic carbocycles. The van der Waals surface area contributed by atoms with Gasteiger partial charge in [-0.3, -0.25) is 4.79 Å². The van der Waals surface area contributed by atoms with Crippen molar-refractivity contribution in [2.75, 3.05) is 19.6 Å². The van der Waals surface area contributed by atoms with Gasteiger partial charge in [0.25, 0.3) is 5.91 Å². The van der Waals surface area contributed by atoms with Gasteiger partial charge in [0.1, 0.15) is 0 Å². The number of rotatable bonds is 6. The van der Waals surface area contributed by atoms with Crippen molar-refractivity contribution in [3.63, 3.8) is 0 Å². The average Bonchev–Trinajstić information content (AvgIpc) is 3.26. The molecule has 1 N–H and O–H groups in total. The molecule has 1 saturated heterocycles. The Morgan fingerprint density at radius 2 is 2.35 bits per heavy atom. The molecule has 1 fully saturated rings. The summed E-state index contributed by atoms with van der Waals surface area (Å²) in [4.78, 5) is 15.6. The molecule has 1 aliphatic heterocycles. The van der Waals surface area contributed by atoms with Gasteiger partial charge in [0.05, 0.1) is 18.8 Å². The highest BCUT2D eigenvalue weighted by molar-refractivity contribution is 7.09. The quantitative estimate of drug-likeness (QED) is 0.823. The van der Waals surface area contributed by atoms with Gasteiger partial charge < -0.3 is 10.2 Å². The minimum Gasteiger partial charge on any atom is -0.328 e. The lowest BCUT2D eigenvalue weighted by Crippen LogP contribution is -2.31. The number of piperidine rings is 1. The molecule has 0 saturated carbocycles. The first-order valence-corrected chi connectivity index (χ1v) is 8.71. The molecule has 0 atom stereocenters. The zero-order chi connectivity index (χ0) is 16.1. The zero-order valence-corrected chi connectivity index (χ0v) is 13.8. The Balaban J connectivity index is 1.71. The number of hydrogen-bond donors (Lipinski definition) is 1. The van der Waals surface area contributed by atoms with E-state index in [0.29, 0.717) is 24.8 Å². The smallest absolute Gasteiger partial charge is 0.276 e. The van der Waals surface area contributed by atoms with Crippen molar-refractivity contribution in [1.82, 2.24) is 25.2 Å². The molecule has 3 heterocycles. The molecule has 6 nitrogen and oxygen atoms in total. The van der Waals surface area contributed by atoms with Crippen LogP contribution in [0.1, 0.15) is 34.2 Å². The van der Waals surface area contributed by atoms with Crippen LogP contribution in [0.4, 0.5) is 0 Å². The van der Waals surface area contributed by atoms with E-state index in [9.17, 15) is 4.79 Å². The van der Waals surface area contributed by atoms with Crippen molar-refractivity contribution in [2.45, 2.75) is 25.4 Å². The molecule has 0 bridgehead atoms. The first-order chi connectivity index (χ1) is 11.3. The zero-order valence-electron chi connectivity index (χ0n) is 13.0. The highest BCUT2D eigenvalue weighted by Crippen LogP contribution is 2.18. The maximum absolute atomic E-state index is 12.7. The molecule has 7 heteroatoms. The second-order valence-electron chi connectivity index (χ2n) is 5.62. The Kier molecular flexibility index (Phi) is 5.19. The highest BCUT2D eigenvalue weighted by Gasteiger charge is 2.22. The van der Waals surface area contributed by atoms with Gasteiger partial charge in [-0.1, -0.05) is 17.4 Å². The molecule has 0 aliphatic carbocycles. The third-order valence-electron chi connectivity index (χ3n) is 3.98. The van der Waals surface area contributed by atoms with E-state index in [2.05, 4.69) is 22.2 Å². The molecule has 3 rings (SSSR count). The second kappa shape index (κ2) is 7.52. The standard InChI is InChI=1S/C16H21N5OS/c1-2-9-20(11-14-4-3-10-23-14)16(22)15-12-21(19-18-15)13-5-7-17-8-6-13/h2-4,10,12-13,17H,1,5-9,11H2. The Morgan fingerprint density at radius 3 is 3.04 bits per heavy atom. The van der Waals surface area contributed by atoms with Gasteiger partial charge in [-0.05, 0) is 37.4 Å². The number of carbonyl (C=O) groups excluding carboxylic acids is 1. The summed E-state index contributed by atoms with van der Waals surface area (Å²) in [5, 5.41) is 13.6. The lowest BCUT2D eigenvalue weighted by atomic mass is 10.1. The van der Waals surface area contributed by atoms with E-state index < -0.39 is 0 Å².